The fraction of sp³-hybridized carbons (Fsp3) is 0.154. The van der Waals surface area contributed by atoms with Gasteiger partial charge in [0.2, 0.25) is 0 Å². The zero-order chi connectivity index (χ0) is 20.1. The maximum absolute atomic E-state index is 5.38. The predicted octanol–water partition coefficient (Wildman–Crippen LogP) is 6.26. The lowest BCUT2D eigenvalue weighted by Gasteiger charge is -2.12. The summed E-state index contributed by atoms with van der Waals surface area (Å²) in [6.07, 6.45) is 16.1. The molecule has 146 valence electrons. The van der Waals surface area contributed by atoms with Crippen molar-refractivity contribution < 1.29 is 9.47 Å². The van der Waals surface area contributed by atoms with Gasteiger partial charge in [-0.1, -0.05) is 66.8 Å². The largest absolute Gasteiger partial charge is 0.497 e. The van der Waals surface area contributed by atoms with Gasteiger partial charge >= 0.3 is 0 Å². The molecule has 0 amide bonds. The minimum Gasteiger partial charge on any atom is -0.497 e. The average Bonchev–Trinajstić information content (AvgIpc) is 3.14. The van der Waals surface area contributed by atoms with Gasteiger partial charge in [-0.05, 0) is 41.8 Å². The molecular formula is C26H25NO2. The number of allylic oxidation sites excluding steroid dienone is 3. The van der Waals surface area contributed by atoms with Gasteiger partial charge in [-0.25, -0.2) is 0 Å². The van der Waals surface area contributed by atoms with Gasteiger partial charge in [-0.15, -0.1) is 0 Å². The first kappa shape index (κ1) is 19.0. The lowest BCUT2D eigenvalue weighted by atomic mass is 10.0. The molecule has 0 fully saturated rings. The minimum atomic E-state index is 0.184. The van der Waals surface area contributed by atoms with Gasteiger partial charge in [0.25, 0.3) is 0 Å². The second-order valence-electron chi connectivity index (χ2n) is 7.01. The number of ether oxygens (including phenoxy) is 2. The number of fused-ring (bicyclic) bond motifs is 1. The third-order valence-corrected chi connectivity index (χ3v) is 5.17. The van der Waals surface area contributed by atoms with Crippen molar-refractivity contribution in [2.24, 2.45) is 0 Å². The van der Waals surface area contributed by atoms with Crippen LogP contribution in [0.4, 0.5) is 0 Å². The second-order valence-corrected chi connectivity index (χ2v) is 7.01. The maximum Gasteiger partial charge on any atom is 0.118 e. The Morgan fingerprint density at radius 2 is 1.76 bits per heavy atom. The third kappa shape index (κ3) is 4.41. The van der Waals surface area contributed by atoms with Crippen LogP contribution in [0.1, 0.15) is 23.2 Å². The third-order valence-electron chi connectivity index (χ3n) is 5.17. The summed E-state index contributed by atoms with van der Waals surface area (Å²) in [6.45, 7) is 0. The van der Waals surface area contributed by atoms with Crippen LogP contribution in [0.2, 0.25) is 0 Å². The van der Waals surface area contributed by atoms with Gasteiger partial charge in [-0.2, -0.15) is 0 Å². The van der Waals surface area contributed by atoms with Crippen molar-refractivity contribution in [1.82, 2.24) is 4.98 Å². The second kappa shape index (κ2) is 8.80. The van der Waals surface area contributed by atoms with Crippen LogP contribution < -0.4 is 4.74 Å². The van der Waals surface area contributed by atoms with Crippen LogP contribution in [0.3, 0.4) is 0 Å². The highest BCUT2D eigenvalue weighted by Gasteiger charge is 2.08. The monoisotopic (exact) mass is 383 g/mol. The number of aromatic nitrogens is 1. The maximum atomic E-state index is 5.38. The Morgan fingerprint density at radius 1 is 0.931 bits per heavy atom. The normalized spacial score (nSPS) is 16.8. The van der Waals surface area contributed by atoms with Crippen LogP contribution in [0, 0.1) is 0 Å². The summed E-state index contributed by atoms with van der Waals surface area (Å²) in [6, 6.07) is 16.5. The molecule has 3 aromatic rings. The molecule has 1 atom stereocenters. The molecule has 1 N–H and O–H groups in total. The molecule has 3 nitrogen and oxygen atoms in total. The van der Waals surface area contributed by atoms with Crippen molar-refractivity contribution in [2.45, 2.75) is 12.5 Å². The molecule has 2 aromatic carbocycles. The number of benzene rings is 2. The highest BCUT2D eigenvalue weighted by atomic mass is 16.5. The number of para-hydroxylation sites is 1. The van der Waals surface area contributed by atoms with Crippen LogP contribution in [-0.2, 0) is 4.74 Å². The van der Waals surface area contributed by atoms with E-state index in [1.54, 1.807) is 14.2 Å². The number of hydrogen-bond donors (Lipinski definition) is 1. The SMILES string of the molecule is COc1ccc(/C=C/c2[nH]c3ccccc3c2/C=C/C2=CCC(OC)C=C2)cc1. The van der Waals surface area contributed by atoms with Crippen molar-refractivity contribution in [2.75, 3.05) is 14.2 Å². The predicted molar refractivity (Wildman–Crippen MR) is 122 cm³/mol. The lowest BCUT2D eigenvalue weighted by molar-refractivity contribution is 0.142. The van der Waals surface area contributed by atoms with Crippen molar-refractivity contribution >= 4 is 29.1 Å². The number of aromatic amines is 1. The van der Waals surface area contributed by atoms with E-state index in [1.807, 2.05) is 12.1 Å². The van der Waals surface area contributed by atoms with Crippen LogP contribution in [0.25, 0.3) is 29.1 Å². The smallest absolute Gasteiger partial charge is 0.118 e. The highest BCUT2D eigenvalue weighted by Crippen LogP contribution is 2.26. The zero-order valence-electron chi connectivity index (χ0n) is 16.8. The fourth-order valence-electron chi connectivity index (χ4n) is 3.49. The molecular weight excluding hydrogens is 358 g/mol. The first-order chi connectivity index (χ1) is 14.3. The molecule has 4 rings (SSSR count). The van der Waals surface area contributed by atoms with E-state index in [9.17, 15) is 0 Å². The number of rotatable bonds is 6. The topological polar surface area (TPSA) is 34.2 Å². The van der Waals surface area contributed by atoms with E-state index in [4.69, 9.17) is 9.47 Å². The molecule has 0 bridgehead atoms. The Bertz CT molecular complexity index is 1100. The molecule has 1 heterocycles. The van der Waals surface area contributed by atoms with E-state index < -0.39 is 0 Å². The molecule has 0 aliphatic heterocycles. The first-order valence-electron chi connectivity index (χ1n) is 9.79. The number of hydrogen-bond acceptors (Lipinski definition) is 2. The van der Waals surface area contributed by atoms with E-state index >= 15 is 0 Å². The summed E-state index contributed by atoms with van der Waals surface area (Å²) >= 11 is 0. The summed E-state index contributed by atoms with van der Waals surface area (Å²) in [7, 11) is 3.43. The number of H-pyrrole nitrogens is 1. The van der Waals surface area contributed by atoms with Crippen molar-refractivity contribution in [1.29, 1.82) is 0 Å². The quantitative estimate of drug-likeness (QED) is 0.545. The van der Waals surface area contributed by atoms with Crippen LogP contribution in [0.15, 0.2) is 78.4 Å². The Labute approximate surface area is 171 Å². The van der Waals surface area contributed by atoms with E-state index in [1.165, 1.54) is 16.5 Å². The van der Waals surface area contributed by atoms with Crippen molar-refractivity contribution in [3.8, 4) is 5.75 Å². The minimum absolute atomic E-state index is 0.184. The fourth-order valence-corrected chi connectivity index (χ4v) is 3.49. The molecule has 0 spiro atoms. The van der Waals surface area contributed by atoms with Crippen LogP contribution >= 0.6 is 0 Å². The van der Waals surface area contributed by atoms with Gasteiger partial charge in [0.1, 0.15) is 5.75 Å². The van der Waals surface area contributed by atoms with Crippen molar-refractivity contribution in [3.05, 3.63) is 95.2 Å². The summed E-state index contributed by atoms with van der Waals surface area (Å²) in [5, 5.41) is 1.22. The molecule has 3 heteroatoms. The van der Waals surface area contributed by atoms with Crippen LogP contribution in [0.5, 0.6) is 5.75 Å². The van der Waals surface area contributed by atoms with Crippen molar-refractivity contribution in [3.63, 3.8) is 0 Å². The van der Waals surface area contributed by atoms with E-state index in [-0.39, 0.29) is 6.10 Å². The molecule has 1 unspecified atom stereocenters. The average molecular weight is 383 g/mol. The Morgan fingerprint density at radius 3 is 2.48 bits per heavy atom. The van der Waals surface area contributed by atoms with E-state index in [0.29, 0.717) is 0 Å². The van der Waals surface area contributed by atoms with Gasteiger partial charge < -0.3 is 14.5 Å². The van der Waals surface area contributed by atoms with Gasteiger partial charge in [0.05, 0.1) is 13.2 Å². The van der Waals surface area contributed by atoms with Gasteiger partial charge in [0, 0.05) is 29.3 Å². The summed E-state index contributed by atoms with van der Waals surface area (Å²) in [4.78, 5) is 3.54. The summed E-state index contributed by atoms with van der Waals surface area (Å²) < 4.78 is 10.6. The zero-order valence-corrected chi connectivity index (χ0v) is 16.8. The Hall–Kier alpha value is -3.30. The summed E-state index contributed by atoms with van der Waals surface area (Å²) in [5.74, 6) is 0.862. The van der Waals surface area contributed by atoms with Gasteiger partial charge in [0.15, 0.2) is 0 Å². The molecule has 0 radical (unpaired) electrons. The standard InChI is InChI=1S/C26H25NO2/c1-28-21-13-7-19(8-14-21)11-17-24-23-5-3-4-6-25(23)27-26(24)18-12-20-9-15-22(29-2)16-10-20/h3-13,15-18,21,27H,14H2,1-2H3/b17-11+,18-12+. The molecule has 1 aliphatic carbocycles. The van der Waals surface area contributed by atoms with E-state index in [0.717, 1.165) is 28.9 Å². The highest BCUT2D eigenvalue weighted by molar-refractivity contribution is 5.94. The summed E-state index contributed by atoms with van der Waals surface area (Å²) in [5.41, 5.74) is 5.74. The first-order valence-corrected chi connectivity index (χ1v) is 9.79. The lowest BCUT2D eigenvalue weighted by Crippen LogP contribution is -2.07. The molecule has 1 aromatic heterocycles. The van der Waals surface area contributed by atoms with Crippen LogP contribution in [-0.4, -0.2) is 25.3 Å². The Kier molecular flexibility index (Phi) is 5.78. The number of methoxy groups -OCH3 is 2. The van der Waals surface area contributed by atoms with E-state index in [2.05, 4.69) is 83.9 Å². The molecule has 0 saturated heterocycles. The molecule has 1 aliphatic rings. The number of nitrogens with one attached hydrogen (secondary N) is 1. The molecule has 29 heavy (non-hydrogen) atoms. The molecule has 0 saturated carbocycles. The Balaban J connectivity index is 1.64. The van der Waals surface area contributed by atoms with Gasteiger partial charge in [-0.3, -0.25) is 0 Å².